The zero-order valence-electron chi connectivity index (χ0n) is 11.6. The Bertz CT molecular complexity index is 569. The van der Waals surface area contributed by atoms with E-state index in [1.54, 1.807) is 0 Å². The predicted octanol–water partition coefficient (Wildman–Crippen LogP) is 2.06. The third kappa shape index (κ3) is 3.84. The lowest BCUT2D eigenvalue weighted by atomic mass is 10.1. The highest BCUT2D eigenvalue weighted by Crippen LogP contribution is 2.18. The van der Waals surface area contributed by atoms with Crippen molar-refractivity contribution < 1.29 is 9.53 Å². The summed E-state index contributed by atoms with van der Waals surface area (Å²) in [7, 11) is 3.34. The molecule has 0 fully saturated rings. The first-order chi connectivity index (χ1) is 9.70. The predicted molar refractivity (Wildman–Crippen MR) is 77.6 cm³/mol. The van der Waals surface area contributed by atoms with Crippen molar-refractivity contribution >= 4 is 17.7 Å². The fourth-order valence-corrected chi connectivity index (χ4v) is 2.58. The molecule has 20 heavy (non-hydrogen) atoms. The van der Waals surface area contributed by atoms with Crippen molar-refractivity contribution in [1.82, 2.24) is 14.8 Å². The molecule has 6 heteroatoms. The van der Waals surface area contributed by atoms with Crippen molar-refractivity contribution in [2.75, 3.05) is 12.9 Å². The SMILES string of the molecule is COC(=O)CCSc1nnc(Cc2ccccc2)n1C. The average molecular weight is 291 g/mol. The van der Waals surface area contributed by atoms with E-state index < -0.39 is 0 Å². The van der Waals surface area contributed by atoms with Gasteiger partial charge < -0.3 is 9.30 Å². The number of hydrogen-bond donors (Lipinski definition) is 0. The lowest BCUT2D eigenvalue weighted by Crippen LogP contribution is -2.03. The van der Waals surface area contributed by atoms with Gasteiger partial charge in [-0.15, -0.1) is 10.2 Å². The number of esters is 1. The van der Waals surface area contributed by atoms with Gasteiger partial charge in [0.2, 0.25) is 0 Å². The largest absolute Gasteiger partial charge is 0.469 e. The van der Waals surface area contributed by atoms with Crippen LogP contribution >= 0.6 is 11.8 Å². The topological polar surface area (TPSA) is 57.0 Å². The van der Waals surface area contributed by atoms with Crippen molar-refractivity contribution in [3.8, 4) is 0 Å². The summed E-state index contributed by atoms with van der Waals surface area (Å²) in [6, 6.07) is 10.2. The molecule has 2 rings (SSSR count). The summed E-state index contributed by atoms with van der Waals surface area (Å²) in [5.41, 5.74) is 1.20. The van der Waals surface area contributed by atoms with Crippen LogP contribution in [0.4, 0.5) is 0 Å². The molecule has 0 aliphatic rings. The molecule has 1 heterocycles. The molecule has 0 atom stereocenters. The number of benzene rings is 1. The summed E-state index contributed by atoms with van der Waals surface area (Å²) >= 11 is 1.51. The maximum atomic E-state index is 11.1. The standard InChI is InChI=1S/C14H17N3O2S/c1-17-12(10-11-6-4-3-5-7-11)15-16-14(17)20-9-8-13(18)19-2/h3-7H,8-10H2,1-2H3. The van der Waals surface area contributed by atoms with Gasteiger partial charge >= 0.3 is 5.97 Å². The number of carbonyl (C=O) groups is 1. The minimum absolute atomic E-state index is 0.204. The molecule has 0 saturated heterocycles. The minimum atomic E-state index is -0.204. The van der Waals surface area contributed by atoms with Crippen molar-refractivity contribution in [2.45, 2.75) is 18.0 Å². The summed E-state index contributed by atoms with van der Waals surface area (Å²) in [6.45, 7) is 0. The molecule has 0 saturated carbocycles. The van der Waals surface area contributed by atoms with Crippen molar-refractivity contribution in [2.24, 2.45) is 7.05 Å². The van der Waals surface area contributed by atoms with Crippen LogP contribution in [0, 0.1) is 0 Å². The van der Waals surface area contributed by atoms with Crippen molar-refractivity contribution in [3.63, 3.8) is 0 Å². The molecule has 2 aromatic rings. The second kappa shape index (κ2) is 7.09. The van der Waals surface area contributed by atoms with E-state index in [4.69, 9.17) is 0 Å². The number of carbonyl (C=O) groups excluding carboxylic acids is 1. The molecule has 0 N–H and O–H groups in total. The minimum Gasteiger partial charge on any atom is -0.469 e. The maximum Gasteiger partial charge on any atom is 0.306 e. The molecule has 0 radical (unpaired) electrons. The van der Waals surface area contributed by atoms with Gasteiger partial charge in [-0.1, -0.05) is 42.1 Å². The van der Waals surface area contributed by atoms with Crippen LogP contribution in [0.5, 0.6) is 0 Å². The Balaban J connectivity index is 1.95. The Hall–Kier alpha value is -1.82. The summed E-state index contributed by atoms with van der Waals surface area (Å²) < 4.78 is 6.57. The molecule has 0 aliphatic carbocycles. The van der Waals surface area contributed by atoms with E-state index in [9.17, 15) is 4.79 Å². The first kappa shape index (κ1) is 14.6. The second-order valence-electron chi connectivity index (χ2n) is 4.29. The molecule has 1 aromatic carbocycles. The highest BCUT2D eigenvalue weighted by Gasteiger charge is 2.10. The lowest BCUT2D eigenvalue weighted by molar-refractivity contribution is -0.140. The Morgan fingerprint density at radius 1 is 1.30 bits per heavy atom. The van der Waals surface area contributed by atoms with Gasteiger partial charge in [-0.2, -0.15) is 0 Å². The van der Waals surface area contributed by atoms with Gasteiger partial charge in [0.15, 0.2) is 5.16 Å². The number of rotatable bonds is 6. The van der Waals surface area contributed by atoms with Gasteiger partial charge in [-0.25, -0.2) is 0 Å². The molecule has 0 amide bonds. The average Bonchev–Trinajstić information content (AvgIpc) is 2.81. The Kier molecular flexibility index (Phi) is 5.17. The van der Waals surface area contributed by atoms with E-state index in [0.29, 0.717) is 12.2 Å². The number of hydrogen-bond acceptors (Lipinski definition) is 5. The van der Waals surface area contributed by atoms with Crippen molar-refractivity contribution in [1.29, 1.82) is 0 Å². The second-order valence-corrected chi connectivity index (χ2v) is 5.36. The Morgan fingerprint density at radius 2 is 2.05 bits per heavy atom. The normalized spacial score (nSPS) is 10.5. The zero-order valence-corrected chi connectivity index (χ0v) is 12.4. The van der Waals surface area contributed by atoms with E-state index >= 15 is 0 Å². The van der Waals surface area contributed by atoms with Crippen LogP contribution in [0.1, 0.15) is 17.8 Å². The van der Waals surface area contributed by atoms with Gasteiger partial charge in [0.05, 0.1) is 13.5 Å². The fourth-order valence-electron chi connectivity index (χ4n) is 1.73. The highest BCUT2D eigenvalue weighted by atomic mass is 32.2. The quantitative estimate of drug-likeness (QED) is 0.602. The van der Waals surface area contributed by atoms with Crippen LogP contribution in [-0.2, 0) is 23.0 Å². The molecule has 1 aromatic heterocycles. The first-order valence-corrected chi connectivity index (χ1v) is 7.31. The van der Waals surface area contributed by atoms with Crippen LogP contribution in [-0.4, -0.2) is 33.6 Å². The van der Waals surface area contributed by atoms with E-state index in [1.165, 1.54) is 24.4 Å². The number of thioether (sulfide) groups is 1. The summed E-state index contributed by atoms with van der Waals surface area (Å²) in [5.74, 6) is 1.35. The van der Waals surface area contributed by atoms with E-state index in [-0.39, 0.29) is 5.97 Å². The number of methoxy groups -OCH3 is 1. The summed E-state index contributed by atoms with van der Waals surface area (Å²) in [4.78, 5) is 11.1. The van der Waals surface area contributed by atoms with Crippen LogP contribution in [0.3, 0.4) is 0 Å². The van der Waals surface area contributed by atoms with Gasteiger partial charge in [-0.3, -0.25) is 4.79 Å². The molecule has 0 unspecified atom stereocenters. The lowest BCUT2D eigenvalue weighted by Gasteiger charge is -2.03. The number of ether oxygens (including phenoxy) is 1. The third-order valence-corrected chi connectivity index (χ3v) is 3.92. The van der Waals surface area contributed by atoms with Crippen LogP contribution < -0.4 is 0 Å². The van der Waals surface area contributed by atoms with E-state index in [0.717, 1.165) is 17.4 Å². The van der Waals surface area contributed by atoms with Crippen LogP contribution in [0.25, 0.3) is 0 Å². The number of aromatic nitrogens is 3. The third-order valence-electron chi connectivity index (χ3n) is 2.90. The zero-order chi connectivity index (χ0) is 14.4. The maximum absolute atomic E-state index is 11.1. The Morgan fingerprint density at radius 3 is 2.75 bits per heavy atom. The fraction of sp³-hybridized carbons (Fsp3) is 0.357. The monoisotopic (exact) mass is 291 g/mol. The van der Waals surface area contributed by atoms with E-state index in [1.807, 2.05) is 29.8 Å². The van der Waals surface area contributed by atoms with Gasteiger partial charge in [0.25, 0.3) is 0 Å². The van der Waals surface area contributed by atoms with Crippen molar-refractivity contribution in [3.05, 3.63) is 41.7 Å². The van der Waals surface area contributed by atoms with Crippen LogP contribution in [0.15, 0.2) is 35.5 Å². The molecule has 0 bridgehead atoms. The smallest absolute Gasteiger partial charge is 0.306 e. The van der Waals surface area contributed by atoms with Crippen LogP contribution in [0.2, 0.25) is 0 Å². The van der Waals surface area contributed by atoms with Gasteiger partial charge in [-0.05, 0) is 5.56 Å². The molecule has 0 spiro atoms. The summed E-state index contributed by atoms with van der Waals surface area (Å²) in [6.07, 6.45) is 1.13. The molecule has 5 nitrogen and oxygen atoms in total. The van der Waals surface area contributed by atoms with Gasteiger partial charge in [0.1, 0.15) is 5.82 Å². The Labute approximate surface area is 122 Å². The molecular formula is C14H17N3O2S. The van der Waals surface area contributed by atoms with Gasteiger partial charge in [0, 0.05) is 19.2 Å². The highest BCUT2D eigenvalue weighted by molar-refractivity contribution is 7.99. The summed E-state index contributed by atoms with van der Waals surface area (Å²) in [5, 5.41) is 9.18. The first-order valence-electron chi connectivity index (χ1n) is 6.32. The molecule has 106 valence electrons. The number of nitrogens with zero attached hydrogens (tertiary/aromatic N) is 3. The molecular weight excluding hydrogens is 274 g/mol. The molecule has 0 aliphatic heterocycles. The van der Waals surface area contributed by atoms with E-state index in [2.05, 4.69) is 27.1 Å².